The molecule has 0 radical (unpaired) electrons. The van der Waals surface area contributed by atoms with E-state index in [0.29, 0.717) is 6.42 Å². The summed E-state index contributed by atoms with van der Waals surface area (Å²) in [6.07, 6.45) is -2.04. The number of carbonyl (C=O) groups excluding carboxylic acids is 3. The summed E-state index contributed by atoms with van der Waals surface area (Å²) in [5, 5.41) is 7.12. The van der Waals surface area contributed by atoms with Crippen LogP contribution in [0.15, 0.2) is 12.2 Å². The van der Waals surface area contributed by atoms with Crippen LogP contribution in [0.4, 0.5) is 13.2 Å². The molecule has 0 saturated heterocycles. The predicted octanol–water partition coefficient (Wildman–Crippen LogP) is -0.685. The molecule has 4 N–H and O–H groups in total. The number of rotatable bonds is 4. The number of nitrogens with two attached hydrogens (primary N) is 1. The van der Waals surface area contributed by atoms with Gasteiger partial charge in [0.2, 0.25) is 5.91 Å². The van der Waals surface area contributed by atoms with Crippen molar-refractivity contribution in [2.45, 2.75) is 19.0 Å². The number of amides is 3. The van der Waals surface area contributed by atoms with Crippen molar-refractivity contribution in [1.29, 1.82) is 0 Å². The van der Waals surface area contributed by atoms with Gasteiger partial charge in [0, 0.05) is 25.1 Å². The van der Waals surface area contributed by atoms with Gasteiger partial charge in [-0.3, -0.25) is 24.7 Å². The van der Waals surface area contributed by atoms with Gasteiger partial charge in [0.05, 0.1) is 0 Å². The van der Waals surface area contributed by atoms with E-state index in [1.165, 1.54) is 12.2 Å². The van der Waals surface area contributed by atoms with Gasteiger partial charge in [-0.05, 0) is 6.42 Å². The normalized spacial score (nSPS) is 13.8. The average Bonchev–Trinajstić information content (AvgIpc) is 2.69. The van der Waals surface area contributed by atoms with Crippen molar-refractivity contribution in [3.63, 3.8) is 0 Å². The molecule has 0 unspecified atom stereocenters. The maximum absolute atomic E-state index is 11.0. The van der Waals surface area contributed by atoms with Crippen LogP contribution < -0.4 is 11.3 Å². The molecule has 0 atom stereocenters. The van der Waals surface area contributed by atoms with Crippen molar-refractivity contribution in [1.82, 2.24) is 10.3 Å². The summed E-state index contributed by atoms with van der Waals surface area (Å²) in [5.74, 6) is 1.14. The Kier molecular flexibility index (Phi) is 7.07. The average molecular weight is 311 g/mol. The number of carboxylic acid groups (broad SMARTS) is 1. The second kappa shape index (κ2) is 7.99. The van der Waals surface area contributed by atoms with Gasteiger partial charge in [-0.1, -0.05) is 0 Å². The number of nitrogens with one attached hydrogen (secondary N) is 1. The quantitative estimate of drug-likeness (QED) is 0.273. The third kappa shape index (κ3) is 7.06. The molecule has 1 rings (SSSR count). The first kappa shape index (κ1) is 18.6. The number of nitrogens with zero attached hydrogens (tertiary/aromatic N) is 1. The minimum Gasteiger partial charge on any atom is -0.475 e. The van der Waals surface area contributed by atoms with Crippen LogP contribution in [-0.4, -0.2) is 46.4 Å². The van der Waals surface area contributed by atoms with E-state index in [2.05, 4.69) is 0 Å². The van der Waals surface area contributed by atoms with Gasteiger partial charge in [-0.15, -0.1) is 0 Å². The van der Waals surface area contributed by atoms with Gasteiger partial charge >= 0.3 is 12.1 Å². The number of carbonyl (C=O) groups is 4. The number of aliphatic carboxylic acids is 1. The zero-order valence-corrected chi connectivity index (χ0v) is 10.5. The minimum atomic E-state index is -5.08. The van der Waals surface area contributed by atoms with Crippen LogP contribution in [-0.2, 0) is 19.2 Å². The second-order valence-electron chi connectivity index (χ2n) is 3.64. The number of hydrogen-bond donors (Lipinski definition) is 3. The maximum Gasteiger partial charge on any atom is 0.490 e. The van der Waals surface area contributed by atoms with Crippen LogP contribution in [0.5, 0.6) is 0 Å². The Morgan fingerprint density at radius 2 is 1.67 bits per heavy atom. The Balaban J connectivity index is 0.000000486. The van der Waals surface area contributed by atoms with Crippen LogP contribution in [0.25, 0.3) is 0 Å². The van der Waals surface area contributed by atoms with Gasteiger partial charge in [0.1, 0.15) is 0 Å². The number of carboxylic acids is 1. The molecule has 0 spiro atoms. The first-order valence-electron chi connectivity index (χ1n) is 5.42. The summed E-state index contributed by atoms with van der Waals surface area (Å²) < 4.78 is 31.7. The van der Waals surface area contributed by atoms with Crippen LogP contribution in [0.1, 0.15) is 12.8 Å². The van der Waals surface area contributed by atoms with Crippen molar-refractivity contribution < 1.29 is 37.5 Å². The van der Waals surface area contributed by atoms with Crippen molar-refractivity contribution in [3.05, 3.63) is 12.2 Å². The van der Waals surface area contributed by atoms with Crippen molar-refractivity contribution in [3.8, 4) is 0 Å². The van der Waals surface area contributed by atoms with E-state index in [1.807, 2.05) is 5.43 Å². The number of halogens is 3. The Labute approximate surface area is 116 Å². The number of imide groups is 1. The third-order valence-electron chi connectivity index (χ3n) is 2.09. The van der Waals surface area contributed by atoms with Crippen molar-refractivity contribution in [2.24, 2.45) is 5.84 Å². The zero-order chi connectivity index (χ0) is 16.6. The molecule has 0 aliphatic carbocycles. The van der Waals surface area contributed by atoms with Crippen LogP contribution >= 0.6 is 0 Å². The summed E-state index contributed by atoms with van der Waals surface area (Å²) in [6, 6.07) is 0. The molecule has 1 heterocycles. The van der Waals surface area contributed by atoms with E-state index in [1.54, 1.807) is 0 Å². The standard InChI is InChI=1S/C8H11N3O3.C2HF3O2/c9-10-6(12)2-1-5-11-7(13)3-4-8(11)14;3-2(4,5)1(6)7/h3-4H,1-2,5,9H2,(H,10,12);(H,6,7). The molecule has 0 aromatic heterocycles. The zero-order valence-electron chi connectivity index (χ0n) is 10.5. The highest BCUT2D eigenvalue weighted by Crippen LogP contribution is 2.13. The van der Waals surface area contributed by atoms with Gasteiger partial charge in [-0.25, -0.2) is 10.6 Å². The highest BCUT2D eigenvalue weighted by molar-refractivity contribution is 6.12. The summed E-state index contributed by atoms with van der Waals surface area (Å²) in [5.41, 5.74) is 1.97. The van der Waals surface area contributed by atoms with Gasteiger partial charge in [-0.2, -0.15) is 13.2 Å². The minimum absolute atomic E-state index is 0.202. The molecule has 8 nitrogen and oxygen atoms in total. The summed E-state index contributed by atoms with van der Waals surface area (Å²) in [6.45, 7) is 0.248. The predicted molar refractivity (Wildman–Crippen MR) is 61.1 cm³/mol. The molecule has 0 bridgehead atoms. The first-order valence-corrected chi connectivity index (χ1v) is 5.42. The smallest absolute Gasteiger partial charge is 0.475 e. The lowest BCUT2D eigenvalue weighted by atomic mass is 10.3. The molecule has 1 aliphatic rings. The summed E-state index contributed by atoms with van der Waals surface area (Å²) >= 11 is 0. The fourth-order valence-corrected chi connectivity index (χ4v) is 1.12. The third-order valence-corrected chi connectivity index (χ3v) is 2.09. The van der Waals surface area contributed by atoms with Gasteiger partial charge in [0.25, 0.3) is 11.8 Å². The molecule has 0 aromatic carbocycles. The van der Waals surface area contributed by atoms with Crippen LogP contribution in [0.2, 0.25) is 0 Å². The van der Waals surface area contributed by atoms with Gasteiger partial charge in [0.15, 0.2) is 0 Å². The molecular weight excluding hydrogens is 299 g/mol. The fourth-order valence-electron chi connectivity index (χ4n) is 1.12. The Morgan fingerprint density at radius 3 is 2.00 bits per heavy atom. The molecule has 21 heavy (non-hydrogen) atoms. The Morgan fingerprint density at radius 1 is 1.24 bits per heavy atom. The van der Waals surface area contributed by atoms with E-state index in [9.17, 15) is 27.6 Å². The molecule has 0 saturated carbocycles. The van der Waals surface area contributed by atoms with E-state index < -0.39 is 12.1 Å². The topological polar surface area (TPSA) is 130 Å². The van der Waals surface area contributed by atoms with E-state index in [-0.39, 0.29) is 30.7 Å². The van der Waals surface area contributed by atoms with Crippen LogP contribution in [0, 0.1) is 0 Å². The lowest BCUT2D eigenvalue weighted by molar-refractivity contribution is -0.192. The van der Waals surface area contributed by atoms with Crippen molar-refractivity contribution >= 4 is 23.7 Å². The van der Waals surface area contributed by atoms with Gasteiger partial charge < -0.3 is 5.11 Å². The highest BCUT2D eigenvalue weighted by atomic mass is 19.4. The number of alkyl halides is 3. The first-order chi connectivity index (χ1) is 9.59. The van der Waals surface area contributed by atoms with Crippen LogP contribution in [0.3, 0.4) is 0 Å². The molecule has 1 aliphatic heterocycles. The SMILES string of the molecule is NNC(=O)CCCN1C(=O)C=CC1=O.O=C(O)C(F)(F)F. The molecule has 11 heteroatoms. The van der Waals surface area contributed by atoms with E-state index in [0.717, 1.165) is 4.90 Å². The molecule has 118 valence electrons. The summed E-state index contributed by atoms with van der Waals surface area (Å²) in [7, 11) is 0. The Bertz CT molecular complexity index is 443. The molecular formula is C10H12F3N3O5. The lowest BCUT2D eigenvalue weighted by Gasteiger charge is -2.12. The molecule has 0 aromatic rings. The molecule has 0 fully saturated rings. The monoisotopic (exact) mass is 311 g/mol. The number of hydrazine groups is 1. The largest absolute Gasteiger partial charge is 0.490 e. The summed E-state index contributed by atoms with van der Waals surface area (Å²) in [4.78, 5) is 42.7. The van der Waals surface area contributed by atoms with E-state index >= 15 is 0 Å². The maximum atomic E-state index is 11.0. The van der Waals surface area contributed by atoms with E-state index in [4.69, 9.17) is 15.7 Å². The second-order valence-corrected chi connectivity index (χ2v) is 3.64. The highest BCUT2D eigenvalue weighted by Gasteiger charge is 2.38. The number of hydrogen-bond acceptors (Lipinski definition) is 5. The Hall–Kier alpha value is -2.43. The van der Waals surface area contributed by atoms with Crippen molar-refractivity contribution in [2.75, 3.05) is 6.54 Å². The molecule has 3 amide bonds. The fraction of sp³-hybridized carbons (Fsp3) is 0.400. The lowest BCUT2D eigenvalue weighted by Crippen LogP contribution is -2.33.